The molecule has 0 fully saturated rings. The summed E-state index contributed by atoms with van der Waals surface area (Å²) in [6.07, 6.45) is 1.26. The van der Waals surface area contributed by atoms with Crippen LogP contribution < -0.4 is 14.8 Å². The van der Waals surface area contributed by atoms with Crippen LogP contribution in [-0.2, 0) is 0 Å². The van der Waals surface area contributed by atoms with Crippen molar-refractivity contribution in [1.29, 1.82) is 0 Å². The van der Waals surface area contributed by atoms with E-state index in [-0.39, 0.29) is 5.95 Å². The fourth-order valence-electron chi connectivity index (χ4n) is 3.05. The molecule has 0 radical (unpaired) electrons. The molecule has 0 spiro atoms. The van der Waals surface area contributed by atoms with Crippen LogP contribution in [-0.4, -0.2) is 50.8 Å². The van der Waals surface area contributed by atoms with Crippen LogP contribution in [0.5, 0.6) is 11.5 Å². The van der Waals surface area contributed by atoms with Crippen LogP contribution in [0.4, 0.5) is 5.95 Å². The Morgan fingerprint density at radius 1 is 1.42 bits per heavy atom. The number of para-hydroxylation sites is 1. The molecule has 0 unspecified atom stereocenters. The Hall–Kier alpha value is -2.88. The number of nitrogens with one attached hydrogen (secondary N) is 1. The Morgan fingerprint density at radius 3 is 2.79 bits per heavy atom. The van der Waals surface area contributed by atoms with Crippen LogP contribution >= 0.6 is 0 Å². The standard InChI is InChI=1S/C14H17N5O5/c1-14(20)12(19(21)22)10(18-13(17-14)15-7-16-18)8-5-4-6-9(23-2)11(8)24-3/h4-7,10,12,20H,1-3H3,(H,15,16,17)/t10-,12+,14-/m0/s1. The van der Waals surface area contributed by atoms with Gasteiger partial charge in [-0.2, -0.15) is 10.1 Å². The topological polar surface area (TPSA) is 125 Å². The summed E-state index contributed by atoms with van der Waals surface area (Å²) in [5.41, 5.74) is -1.36. The summed E-state index contributed by atoms with van der Waals surface area (Å²) in [7, 11) is 2.93. The lowest BCUT2D eigenvalue weighted by molar-refractivity contribution is -0.549. The Balaban J connectivity index is 2.26. The SMILES string of the molecule is COc1cccc([C@H]2[C@@H]([N+](=O)[O-])[C@](C)(O)Nc3ncnn32)c1OC. The number of ether oxygens (including phenoxy) is 2. The first-order valence-corrected chi connectivity index (χ1v) is 7.15. The van der Waals surface area contributed by atoms with E-state index in [1.165, 1.54) is 32.2 Å². The zero-order valence-corrected chi connectivity index (χ0v) is 13.3. The van der Waals surface area contributed by atoms with Crippen LogP contribution in [0.1, 0.15) is 18.5 Å². The molecule has 2 heterocycles. The van der Waals surface area contributed by atoms with E-state index in [1.807, 2.05) is 0 Å². The van der Waals surface area contributed by atoms with Crippen LogP contribution in [0.15, 0.2) is 24.5 Å². The van der Waals surface area contributed by atoms with Crippen molar-refractivity contribution in [2.45, 2.75) is 24.7 Å². The number of rotatable bonds is 4. The summed E-state index contributed by atoms with van der Waals surface area (Å²) in [5, 5.41) is 29.0. The summed E-state index contributed by atoms with van der Waals surface area (Å²) < 4.78 is 12.0. The minimum atomic E-state index is -1.83. The fraction of sp³-hybridized carbons (Fsp3) is 0.429. The van der Waals surface area contributed by atoms with Gasteiger partial charge >= 0.3 is 0 Å². The highest BCUT2D eigenvalue weighted by Gasteiger charge is 2.54. The second-order valence-corrected chi connectivity index (χ2v) is 5.56. The normalized spacial score (nSPS) is 25.5. The lowest BCUT2D eigenvalue weighted by Gasteiger charge is -2.38. The predicted octanol–water partition coefficient (Wildman–Crippen LogP) is 0.664. The van der Waals surface area contributed by atoms with E-state index >= 15 is 0 Å². The number of aliphatic hydroxyl groups is 1. The monoisotopic (exact) mass is 335 g/mol. The molecule has 2 aromatic rings. The summed E-state index contributed by atoms with van der Waals surface area (Å²) in [6.45, 7) is 1.33. The van der Waals surface area contributed by atoms with Crippen molar-refractivity contribution >= 4 is 5.95 Å². The first-order chi connectivity index (χ1) is 11.4. The maximum atomic E-state index is 11.7. The fourth-order valence-corrected chi connectivity index (χ4v) is 3.05. The second-order valence-electron chi connectivity index (χ2n) is 5.56. The average molecular weight is 335 g/mol. The lowest BCUT2D eigenvalue weighted by atomic mass is 9.90. The molecule has 0 aliphatic carbocycles. The molecule has 10 nitrogen and oxygen atoms in total. The van der Waals surface area contributed by atoms with E-state index < -0.39 is 22.7 Å². The molecule has 0 saturated carbocycles. The van der Waals surface area contributed by atoms with Gasteiger partial charge < -0.3 is 19.9 Å². The van der Waals surface area contributed by atoms with Gasteiger partial charge in [0.15, 0.2) is 17.5 Å². The van der Waals surface area contributed by atoms with Crippen molar-refractivity contribution in [2.24, 2.45) is 0 Å². The largest absolute Gasteiger partial charge is 0.493 e. The third-order valence-corrected chi connectivity index (χ3v) is 4.06. The lowest BCUT2D eigenvalue weighted by Crippen LogP contribution is -2.58. The van der Waals surface area contributed by atoms with Gasteiger partial charge in [0.05, 0.1) is 14.2 Å². The van der Waals surface area contributed by atoms with E-state index in [0.717, 1.165) is 0 Å². The van der Waals surface area contributed by atoms with Gasteiger partial charge in [-0.25, -0.2) is 4.68 Å². The molecule has 0 amide bonds. The van der Waals surface area contributed by atoms with E-state index in [0.29, 0.717) is 17.1 Å². The Bertz CT molecular complexity index is 775. The van der Waals surface area contributed by atoms with E-state index in [4.69, 9.17) is 9.47 Å². The third-order valence-electron chi connectivity index (χ3n) is 4.06. The smallest absolute Gasteiger partial charge is 0.285 e. The number of nitro groups is 1. The molecular weight excluding hydrogens is 318 g/mol. The Labute approximate surface area is 137 Å². The first kappa shape index (κ1) is 16.0. The number of aromatic nitrogens is 3. The van der Waals surface area contributed by atoms with Gasteiger partial charge in [-0.05, 0) is 13.0 Å². The van der Waals surface area contributed by atoms with Gasteiger partial charge in [-0.3, -0.25) is 10.1 Å². The molecule has 3 rings (SSSR count). The van der Waals surface area contributed by atoms with E-state index in [1.54, 1.807) is 18.2 Å². The molecule has 2 N–H and O–H groups in total. The molecule has 1 aromatic carbocycles. The maximum absolute atomic E-state index is 11.7. The second kappa shape index (κ2) is 5.64. The molecule has 3 atom stereocenters. The van der Waals surface area contributed by atoms with Gasteiger partial charge in [0.1, 0.15) is 6.33 Å². The van der Waals surface area contributed by atoms with Gasteiger partial charge in [0.25, 0.3) is 6.04 Å². The number of nitrogens with zero attached hydrogens (tertiary/aromatic N) is 4. The summed E-state index contributed by atoms with van der Waals surface area (Å²) in [5.74, 6) is 1.00. The molecule has 1 aliphatic heterocycles. The van der Waals surface area contributed by atoms with Gasteiger partial charge in [0.2, 0.25) is 11.7 Å². The molecule has 1 aliphatic rings. The summed E-state index contributed by atoms with van der Waals surface area (Å²) in [4.78, 5) is 15.2. The predicted molar refractivity (Wildman–Crippen MR) is 82.7 cm³/mol. The maximum Gasteiger partial charge on any atom is 0.285 e. The first-order valence-electron chi connectivity index (χ1n) is 7.15. The number of hydrogen-bond donors (Lipinski definition) is 2. The highest BCUT2D eigenvalue weighted by atomic mass is 16.6. The van der Waals surface area contributed by atoms with Crippen LogP contribution in [0.25, 0.3) is 0 Å². The highest BCUT2D eigenvalue weighted by molar-refractivity contribution is 5.50. The molecule has 1 aromatic heterocycles. The van der Waals surface area contributed by atoms with Gasteiger partial charge in [0, 0.05) is 10.5 Å². The van der Waals surface area contributed by atoms with Crippen molar-refractivity contribution in [3.05, 3.63) is 40.2 Å². The van der Waals surface area contributed by atoms with Crippen LogP contribution in [0.3, 0.4) is 0 Å². The minimum absolute atomic E-state index is 0.230. The summed E-state index contributed by atoms with van der Waals surface area (Å²) >= 11 is 0. The number of hydrogen-bond acceptors (Lipinski definition) is 8. The minimum Gasteiger partial charge on any atom is -0.493 e. The van der Waals surface area contributed by atoms with Crippen molar-refractivity contribution in [3.8, 4) is 11.5 Å². The van der Waals surface area contributed by atoms with Crippen molar-refractivity contribution in [1.82, 2.24) is 14.8 Å². The Kier molecular flexibility index (Phi) is 3.76. The van der Waals surface area contributed by atoms with Crippen molar-refractivity contribution in [3.63, 3.8) is 0 Å². The molecule has 10 heteroatoms. The van der Waals surface area contributed by atoms with E-state index in [2.05, 4.69) is 15.4 Å². The molecule has 0 bridgehead atoms. The number of methoxy groups -OCH3 is 2. The Morgan fingerprint density at radius 2 is 2.17 bits per heavy atom. The molecule has 128 valence electrons. The van der Waals surface area contributed by atoms with Crippen molar-refractivity contribution < 1.29 is 19.5 Å². The number of benzene rings is 1. The van der Waals surface area contributed by atoms with Crippen molar-refractivity contribution in [2.75, 3.05) is 19.5 Å². The highest BCUT2D eigenvalue weighted by Crippen LogP contribution is 2.43. The van der Waals surface area contributed by atoms with E-state index in [9.17, 15) is 15.2 Å². The zero-order valence-electron chi connectivity index (χ0n) is 13.3. The molecule has 24 heavy (non-hydrogen) atoms. The van der Waals surface area contributed by atoms with Gasteiger partial charge in [-0.1, -0.05) is 12.1 Å². The van der Waals surface area contributed by atoms with Gasteiger partial charge in [-0.15, -0.1) is 0 Å². The average Bonchev–Trinajstić information content (AvgIpc) is 2.98. The van der Waals surface area contributed by atoms with Crippen LogP contribution in [0.2, 0.25) is 0 Å². The summed E-state index contributed by atoms with van der Waals surface area (Å²) in [6, 6.07) is 2.70. The zero-order chi connectivity index (χ0) is 17.5. The van der Waals surface area contributed by atoms with Crippen LogP contribution in [0, 0.1) is 10.1 Å². The molecular formula is C14H17N5O5. The molecule has 0 saturated heterocycles. The quantitative estimate of drug-likeness (QED) is 0.617. The third kappa shape index (κ3) is 2.31. The number of fused-ring (bicyclic) bond motifs is 1. The number of anilines is 1.